The first-order valence-electron chi connectivity index (χ1n) is 8.77. The Kier molecular flexibility index (Phi) is 8.92. The molecule has 2 aliphatic rings. The van der Waals surface area contributed by atoms with Crippen LogP contribution in [0.3, 0.4) is 0 Å². The van der Waals surface area contributed by atoms with E-state index in [2.05, 4.69) is 21.3 Å². The number of hydrogen-bond donors (Lipinski definition) is 1. The summed E-state index contributed by atoms with van der Waals surface area (Å²) in [5.41, 5.74) is 0. The molecule has 1 aromatic heterocycles. The predicted molar refractivity (Wildman–Crippen MR) is 117 cm³/mol. The molecule has 1 unspecified atom stereocenters. The van der Waals surface area contributed by atoms with Crippen LogP contribution in [0.1, 0.15) is 17.7 Å². The van der Waals surface area contributed by atoms with Crippen molar-refractivity contribution in [3.8, 4) is 0 Å². The molecule has 2 aliphatic heterocycles. The van der Waals surface area contributed by atoms with Crippen LogP contribution in [-0.2, 0) is 16.0 Å². The summed E-state index contributed by atoms with van der Waals surface area (Å²) in [5.74, 6) is 1.04. The number of nitrogens with one attached hydrogen (secondary N) is 1. The predicted octanol–water partition coefficient (Wildman–Crippen LogP) is 2.46. The monoisotopic (exact) mass is 512 g/mol. The Bertz CT molecular complexity index is 614. The van der Waals surface area contributed by atoms with Gasteiger partial charge in [-0.15, -0.1) is 35.3 Å². The smallest absolute Gasteiger partial charge is 0.251 e. The van der Waals surface area contributed by atoms with Gasteiger partial charge in [-0.05, 0) is 31.4 Å². The van der Waals surface area contributed by atoms with E-state index in [1.165, 1.54) is 4.88 Å². The molecule has 2 fully saturated rings. The zero-order chi connectivity index (χ0) is 17.6. The van der Waals surface area contributed by atoms with Crippen molar-refractivity contribution in [2.75, 3.05) is 46.4 Å². The minimum absolute atomic E-state index is 0. The van der Waals surface area contributed by atoms with Crippen LogP contribution in [0.5, 0.6) is 0 Å². The Morgan fingerprint density at radius 3 is 2.65 bits per heavy atom. The van der Waals surface area contributed by atoms with E-state index in [-0.39, 0.29) is 36.0 Å². The minimum Gasteiger partial charge on any atom is -0.368 e. The number of carbonyl (C=O) groups excluding carboxylic acids is 1. The Morgan fingerprint density at radius 2 is 2.08 bits per heavy atom. The molecule has 0 saturated carbocycles. The van der Waals surface area contributed by atoms with E-state index < -0.39 is 0 Å². The van der Waals surface area contributed by atoms with Gasteiger partial charge in [0, 0.05) is 51.3 Å². The first-order chi connectivity index (χ1) is 12.2. The number of hydrogen-bond acceptors (Lipinski definition) is 4. The summed E-state index contributed by atoms with van der Waals surface area (Å²) in [6, 6.07) is 3.99. The first kappa shape index (κ1) is 21.7. The fourth-order valence-corrected chi connectivity index (χ4v) is 4.32. The van der Waals surface area contributed by atoms with Crippen molar-refractivity contribution in [3.63, 3.8) is 0 Å². The van der Waals surface area contributed by atoms with Crippen LogP contribution in [0.15, 0.2) is 17.1 Å². The Balaban J connectivity index is 0.00000243. The van der Waals surface area contributed by atoms with Gasteiger partial charge in [0.25, 0.3) is 5.91 Å². The molecule has 0 radical (unpaired) electrons. The third kappa shape index (κ3) is 5.71. The second-order valence-electron chi connectivity index (χ2n) is 6.24. The molecule has 6 nitrogen and oxygen atoms in total. The molecule has 26 heavy (non-hydrogen) atoms. The van der Waals surface area contributed by atoms with Gasteiger partial charge in [-0.2, -0.15) is 0 Å². The van der Waals surface area contributed by atoms with Gasteiger partial charge in [0.1, 0.15) is 6.10 Å². The molecule has 0 bridgehead atoms. The third-order valence-corrected chi connectivity index (χ3v) is 5.88. The van der Waals surface area contributed by atoms with E-state index in [9.17, 15) is 4.79 Å². The Morgan fingerprint density at radius 1 is 1.35 bits per heavy atom. The summed E-state index contributed by atoms with van der Waals surface area (Å²) in [6.45, 7) is 4.56. The molecule has 3 heterocycles. The average molecular weight is 513 g/mol. The molecular formula is C17H26ClIN4O2S. The van der Waals surface area contributed by atoms with Crippen molar-refractivity contribution in [2.45, 2.75) is 25.4 Å². The van der Waals surface area contributed by atoms with E-state index in [1.807, 2.05) is 11.0 Å². The maximum Gasteiger partial charge on any atom is 0.251 e. The number of aliphatic imine (C=N–C) groups is 1. The summed E-state index contributed by atoms with van der Waals surface area (Å²) in [4.78, 5) is 22.2. The maximum absolute atomic E-state index is 12.4. The van der Waals surface area contributed by atoms with E-state index in [0.29, 0.717) is 6.61 Å². The summed E-state index contributed by atoms with van der Waals surface area (Å²) in [5, 5.41) is 3.41. The van der Waals surface area contributed by atoms with Crippen LogP contribution in [-0.4, -0.2) is 74.1 Å². The molecule has 146 valence electrons. The van der Waals surface area contributed by atoms with Gasteiger partial charge in [-0.1, -0.05) is 11.6 Å². The largest absolute Gasteiger partial charge is 0.368 e. The van der Waals surface area contributed by atoms with Crippen LogP contribution in [0, 0.1) is 0 Å². The zero-order valence-electron chi connectivity index (χ0n) is 14.9. The number of thiophene rings is 1. The van der Waals surface area contributed by atoms with Gasteiger partial charge in [0.15, 0.2) is 5.96 Å². The second-order valence-corrected chi connectivity index (χ2v) is 8.04. The molecule has 1 atom stereocenters. The van der Waals surface area contributed by atoms with E-state index in [1.54, 1.807) is 18.4 Å². The van der Waals surface area contributed by atoms with Crippen LogP contribution in [0.4, 0.5) is 0 Å². The topological polar surface area (TPSA) is 57.2 Å². The first-order valence-corrected chi connectivity index (χ1v) is 9.97. The highest BCUT2D eigenvalue weighted by Gasteiger charge is 2.30. The lowest BCUT2D eigenvalue weighted by Crippen LogP contribution is -2.55. The van der Waals surface area contributed by atoms with Crippen molar-refractivity contribution in [2.24, 2.45) is 4.99 Å². The number of halogens is 2. The molecule has 1 amide bonds. The molecule has 3 rings (SSSR count). The minimum atomic E-state index is -0.221. The van der Waals surface area contributed by atoms with Gasteiger partial charge in [0.2, 0.25) is 0 Å². The van der Waals surface area contributed by atoms with E-state index in [0.717, 1.165) is 62.3 Å². The number of guanidine groups is 1. The number of rotatable bonds is 4. The lowest BCUT2D eigenvalue weighted by molar-refractivity contribution is -0.142. The Labute approximate surface area is 180 Å². The van der Waals surface area contributed by atoms with Crippen LogP contribution in [0.2, 0.25) is 4.34 Å². The van der Waals surface area contributed by atoms with Gasteiger partial charge in [0.05, 0.1) is 4.34 Å². The van der Waals surface area contributed by atoms with Crippen molar-refractivity contribution < 1.29 is 9.53 Å². The molecule has 1 aromatic rings. The highest BCUT2D eigenvalue weighted by atomic mass is 127. The lowest BCUT2D eigenvalue weighted by atomic mass is 10.2. The van der Waals surface area contributed by atoms with Gasteiger partial charge in [-0.25, -0.2) is 0 Å². The number of amides is 1. The summed E-state index contributed by atoms with van der Waals surface area (Å²) >= 11 is 7.58. The number of carbonyl (C=O) groups is 1. The fraction of sp³-hybridized carbons (Fsp3) is 0.647. The highest BCUT2D eigenvalue weighted by Crippen LogP contribution is 2.21. The van der Waals surface area contributed by atoms with Crippen LogP contribution < -0.4 is 5.32 Å². The van der Waals surface area contributed by atoms with Gasteiger partial charge in [-0.3, -0.25) is 9.79 Å². The molecular weight excluding hydrogens is 487 g/mol. The second kappa shape index (κ2) is 10.7. The number of ether oxygens (including phenoxy) is 1. The lowest BCUT2D eigenvalue weighted by Gasteiger charge is -2.37. The van der Waals surface area contributed by atoms with Crippen molar-refractivity contribution in [1.29, 1.82) is 0 Å². The standard InChI is InChI=1S/C17H25ClN4O2S.HI/c1-19-17(20-7-6-13-4-5-15(18)25-13)22-10-8-21(9-11-22)16(23)14-3-2-12-24-14;/h4-5,14H,2-3,6-12H2,1H3,(H,19,20);1H. The molecule has 0 aliphatic carbocycles. The van der Waals surface area contributed by atoms with Crippen molar-refractivity contribution >= 4 is 58.8 Å². The zero-order valence-corrected chi connectivity index (χ0v) is 18.9. The summed E-state index contributed by atoms with van der Waals surface area (Å²) < 4.78 is 6.34. The average Bonchev–Trinajstić information content (AvgIpc) is 3.30. The van der Waals surface area contributed by atoms with E-state index >= 15 is 0 Å². The Hall–Kier alpha value is -0.580. The number of nitrogens with zero attached hydrogens (tertiary/aromatic N) is 3. The molecule has 9 heteroatoms. The normalized spacial score (nSPS) is 20.8. The molecule has 0 spiro atoms. The van der Waals surface area contributed by atoms with Crippen molar-refractivity contribution in [3.05, 3.63) is 21.3 Å². The van der Waals surface area contributed by atoms with Gasteiger partial charge < -0.3 is 19.9 Å². The maximum atomic E-state index is 12.4. The third-order valence-electron chi connectivity index (χ3n) is 4.59. The van der Waals surface area contributed by atoms with Crippen LogP contribution in [0.25, 0.3) is 0 Å². The number of piperazine rings is 1. The quantitative estimate of drug-likeness (QED) is 0.383. The molecule has 2 saturated heterocycles. The van der Waals surface area contributed by atoms with Crippen LogP contribution >= 0.6 is 46.9 Å². The summed E-state index contributed by atoms with van der Waals surface area (Å²) in [6.07, 6.45) is 2.55. The van der Waals surface area contributed by atoms with Crippen molar-refractivity contribution in [1.82, 2.24) is 15.1 Å². The fourth-order valence-electron chi connectivity index (χ4n) is 3.23. The summed E-state index contributed by atoms with van der Waals surface area (Å²) in [7, 11) is 1.80. The highest BCUT2D eigenvalue weighted by molar-refractivity contribution is 14.0. The SMILES string of the molecule is CN=C(NCCc1ccc(Cl)s1)N1CCN(C(=O)C2CCCO2)CC1.I. The van der Waals surface area contributed by atoms with Gasteiger partial charge >= 0.3 is 0 Å². The molecule has 1 N–H and O–H groups in total. The van der Waals surface area contributed by atoms with E-state index in [4.69, 9.17) is 16.3 Å². The molecule has 0 aromatic carbocycles.